The average molecular weight is 437 g/mol. The van der Waals surface area contributed by atoms with E-state index in [0.717, 1.165) is 21.4 Å². The fourth-order valence-electron chi connectivity index (χ4n) is 3.34. The van der Waals surface area contributed by atoms with Crippen molar-refractivity contribution in [1.82, 2.24) is 4.98 Å². The van der Waals surface area contributed by atoms with E-state index in [1.807, 2.05) is 61.5 Å². The van der Waals surface area contributed by atoms with E-state index in [9.17, 15) is 4.79 Å². The fourth-order valence-corrected chi connectivity index (χ4v) is 4.61. The summed E-state index contributed by atoms with van der Waals surface area (Å²) in [6, 6.07) is 21.5. The first-order valence-corrected chi connectivity index (χ1v) is 10.8. The molecule has 1 heterocycles. The number of fused-ring (bicyclic) bond motifs is 1. The lowest BCUT2D eigenvalue weighted by molar-refractivity contribution is -0.118. The number of aromatic nitrogens is 1. The highest BCUT2D eigenvalue weighted by atomic mass is 35.5. The van der Waals surface area contributed by atoms with Crippen LogP contribution in [0.1, 0.15) is 16.7 Å². The van der Waals surface area contributed by atoms with Gasteiger partial charge in [-0.2, -0.15) is 0 Å². The van der Waals surface area contributed by atoms with Crippen LogP contribution in [0.25, 0.3) is 10.2 Å². The Morgan fingerprint density at radius 1 is 1.07 bits per heavy atom. The van der Waals surface area contributed by atoms with Gasteiger partial charge in [0.1, 0.15) is 11.3 Å². The van der Waals surface area contributed by atoms with Crippen LogP contribution in [0.15, 0.2) is 66.7 Å². The Morgan fingerprint density at radius 3 is 2.57 bits per heavy atom. The van der Waals surface area contributed by atoms with Crippen LogP contribution < -0.4 is 9.64 Å². The lowest BCUT2D eigenvalue weighted by Crippen LogP contribution is -2.31. The zero-order valence-electron chi connectivity index (χ0n) is 16.8. The predicted octanol–water partition coefficient (Wildman–Crippen LogP) is 6.04. The SMILES string of the molecule is COc1ccc(Cl)c2sc(N(Cc3ccccc3)C(=O)Cc3cccc(C)c3)nc12. The highest BCUT2D eigenvalue weighted by Gasteiger charge is 2.22. The number of halogens is 1. The molecule has 0 aliphatic heterocycles. The van der Waals surface area contributed by atoms with Crippen LogP contribution in [-0.2, 0) is 17.8 Å². The Bertz CT molecular complexity index is 1190. The van der Waals surface area contributed by atoms with E-state index in [1.54, 1.807) is 24.1 Å². The molecule has 0 unspecified atom stereocenters. The molecular weight excluding hydrogens is 416 g/mol. The van der Waals surface area contributed by atoms with Crippen LogP contribution in [0.3, 0.4) is 0 Å². The molecule has 0 N–H and O–H groups in total. The van der Waals surface area contributed by atoms with Gasteiger partial charge in [-0.15, -0.1) is 0 Å². The zero-order chi connectivity index (χ0) is 21.1. The van der Waals surface area contributed by atoms with Crippen LogP contribution in [0.4, 0.5) is 5.13 Å². The first-order chi connectivity index (χ1) is 14.5. The van der Waals surface area contributed by atoms with Crippen molar-refractivity contribution < 1.29 is 9.53 Å². The molecule has 1 aromatic heterocycles. The number of aryl methyl sites for hydroxylation is 1. The maximum absolute atomic E-state index is 13.4. The van der Waals surface area contributed by atoms with Crippen LogP contribution in [-0.4, -0.2) is 18.0 Å². The molecular formula is C24H21ClN2O2S. The standard InChI is InChI=1S/C24H21ClN2O2S/c1-16-7-6-10-18(13-16)14-21(28)27(15-17-8-4-3-5-9-17)24-26-22-20(29-2)12-11-19(25)23(22)30-24/h3-13H,14-15H2,1-2H3. The summed E-state index contributed by atoms with van der Waals surface area (Å²) in [5, 5.41) is 1.21. The van der Waals surface area contributed by atoms with E-state index in [0.29, 0.717) is 34.4 Å². The molecule has 30 heavy (non-hydrogen) atoms. The zero-order valence-corrected chi connectivity index (χ0v) is 18.3. The van der Waals surface area contributed by atoms with Gasteiger partial charge in [-0.05, 0) is 30.2 Å². The van der Waals surface area contributed by atoms with Crippen molar-refractivity contribution in [2.75, 3.05) is 12.0 Å². The molecule has 0 aliphatic rings. The Labute approximate surface area is 184 Å². The van der Waals surface area contributed by atoms with Gasteiger partial charge in [0.15, 0.2) is 5.13 Å². The van der Waals surface area contributed by atoms with Crippen molar-refractivity contribution in [2.45, 2.75) is 19.9 Å². The van der Waals surface area contributed by atoms with Crippen molar-refractivity contribution in [3.05, 3.63) is 88.4 Å². The van der Waals surface area contributed by atoms with Crippen LogP contribution in [0, 0.1) is 6.92 Å². The Kier molecular flexibility index (Phi) is 6.02. The van der Waals surface area contributed by atoms with Crippen LogP contribution >= 0.6 is 22.9 Å². The molecule has 4 nitrogen and oxygen atoms in total. The molecule has 0 aliphatic carbocycles. The summed E-state index contributed by atoms with van der Waals surface area (Å²) in [6.07, 6.45) is 0.301. The molecule has 6 heteroatoms. The molecule has 0 atom stereocenters. The predicted molar refractivity (Wildman–Crippen MR) is 124 cm³/mol. The van der Waals surface area contributed by atoms with Gasteiger partial charge in [-0.25, -0.2) is 4.98 Å². The van der Waals surface area contributed by atoms with E-state index in [1.165, 1.54) is 11.3 Å². The molecule has 0 radical (unpaired) electrons. The number of carbonyl (C=O) groups is 1. The molecule has 4 rings (SSSR count). The number of amides is 1. The summed E-state index contributed by atoms with van der Waals surface area (Å²) >= 11 is 7.81. The topological polar surface area (TPSA) is 42.4 Å². The van der Waals surface area contributed by atoms with Gasteiger partial charge in [-0.1, -0.05) is 83.1 Å². The quantitative estimate of drug-likeness (QED) is 0.370. The first-order valence-electron chi connectivity index (χ1n) is 9.58. The smallest absolute Gasteiger partial charge is 0.233 e. The molecule has 1 amide bonds. The fraction of sp³-hybridized carbons (Fsp3) is 0.167. The van der Waals surface area contributed by atoms with E-state index < -0.39 is 0 Å². The number of nitrogens with zero attached hydrogens (tertiary/aromatic N) is 2. The van der Waals surface area contributed by atoms with Crippen molar-refractivity contribution in [3.63, 3.8) is 0 Å². The number of benzene rings is 3. The molecule has 4 aromatic rings. The number of hydrogen-bond acceptors (Lipinski definition) is 4. The van der Waals surface area contributed by atoms with Gasteiger partial charge in [0.25, 0.3) is 0 Å². The lowest BCUT2D eigenvalue weighted by atomic mass is 10.1. The Balaban J connectivity index is 1.74. The molecule has 152 valence electrons. The molecule has 0 saturated carbocycles. The highest BCUT2D eigenvalue weighted by Crippen LogP contribution is 2.39. The second-order valence-electron chi connectivity index (χ2n) is 7.06. The second-order valence-corrected chi connectivity index (χ2v) is 8.44. The number of thiazole rings is 1. The normalized spacial score (nSPS) is 10.9. The highest BCUT2D eigenvalue weighted by molar-refractivity contribution is 7.23. The van der Waals surface area contributed by atoms with E-state index in [4.69, 9.17) is 21.3 Å². The minimum Gasteiger partial charge on any atom is -0.494 e. The summed E-state index contributed by atoms with van der Waals surface area (Å²) in [5.74, 6) is 0.626. The van der Waals surface area contributed by atoms with Crippen molar-refractivity contribution >= 4 is 44.2 Å². The van der Waals surface area contributed by atoms with Gasteiger partial charge in [-0.3, -0.25) is 9.69 Å². The van der Waals surface area contributed by atoms with Crippen LogP contribution in [0.5, 0.6) is 5.75 Å². The van der Waals surface area contributed by atoms with Crippen molar-refractivity contribution in [1.29, 1.82) is 0 Å². The van der Waals surface area contributed by atoms with Gasteiger partial charge in [0, 0.05) is 0 Å². The third kappa shape index (κ3) is 4.32. The molecule has 0 saturated heterocycles. The van der Waals surface area contributed by atoms with Crippen molar-refractivity contribution in [2.24, 2.45) is 0 Å². The third-order valence-electron chi connectivity index (χ3n) is 4.82. The average Bonchev–Trinajstić information content (AvgIpc) is 3.19. The molecule has 3 aromatic carbocycles. The minimum absolute atomic E-state index is 0.0152. The Hall–Kier alpha value is -2.89. The Morgan fingerprint density at radius 2 is 1.83 bits per heavy atom. The van der Waals surface area contributed by atoms with Gasteiger partial charge in [0.2, 0.25) is 5.91 Å². The summed E-state index contributed by atoms with van der Waals surface area (Å²) < 4.78 is 6.26. The number of anilines is 1. The summed E-state index contributed by atoms with van der Waals surface area (Å²) in [7, 11) is 1.60. The third-order valence-corrected chi connectivity index (χ3v) is 6.36. The number of hydrogen-bond donors (Lipinski definition) is 0. The number of methoxy groups -OCH3 is 1. The first kappa shape index (κ1) is 20.4. The lowest BCUT2D eigenvalue weighted by Gasteiger charge is -2.20. The monoisotopic (exact) mass is 436 g/mol. The maximum atomic E-state index is 13.4. The number of rotatable bonds is 6. The number of carbonyl (C=O) groups excluding carboxylic acids is 1. The summed E-state index contributed by atoms with van der Waals surface area (Å²) in [5.41, 5.74) is 3.82. The van der Waals surface area contributed by atoms with Gasteiger partial charge >= 0.3 is 0 Å². The molecule has 0 spiro atoms. The minimum atomic E-state index is -0.0152. The molecule has 0 fully saturated rings. The number of ether oxygens (including phenoxy) is 1. The van der Waals surface area contributed by atoms with E-state index in [2.05, 4.69) is 0 Å². The van der Waals surface area contributed by atoms with Gasteiger partial charge < -0.3 is 4.74 Å². The maximum Gasteiger partial charge on any atom is 0.233 e. The van der Waals surface area contributed by atoms with E-state index in [-0.39, 0.29) is 5.91 Å². The largest absolute Gasteiger partial charge is 0.494 e. The van der Waals surface area contributed by atoms with E-state index >= 15 is 0 Å². The van der Waals surface area contributed by atoms with Crippen molar-refractivity contribution in [3.8, 4) is 5.75 Å². The summed E-state index contributed by atoms with van der Waals surface area (Å²) in [6.45, 7) is 2.46. The summed E-state index contributed by atoms with van der Waals surface area (Å²) in [4.78, 5) is 19.8. The molecule has 0 bridgehead atoms. The van der Waals surface area contributed by atoms with Gasteiger partial charge in [0.05, 0.1) is 29.8 Å². The van der Waals surface area contributed by atoms with Crippen LogP contribution in [0.2, 0.25) is 5.02 Å². The second kappa shape index (κ2) is 8.86.